The molecule has 7 heteroatoms. The Morgan fingerprint density at radius 3 is 2.36 bits per heavy atom. The van der Waals surface area contributed by atoms with Crippen LogP contribution in [-0.4, -0.2) is 94.7 Å². The van der Waals surface area contributed by atoms with Gasteiger partial charge in [0.1, 0.15) is 12.0 Å². The molecule has 0 aliphatic carbocycles. The largest absolute Gasteiger partial charge is 0.508 e. The first-order chi connectivity index (χ1) is 20.3. The highest BCUT2D eigenvalue weighted by atomic mass is 16.7. The average Bonchev–Trinajstić information content (AvgIpc) is 3.02. The molecule has 3 rings (SSSR count). The first kappa shape index (κ1) is 35.9. The van der Waals surface area contributed by atoms with Crippen molar-refractivity contribution in [3.63, 3.8) is 0 Å². The van der Waals surface area contributed by atoms with Crippen molar-refractivity contribution in [2.24, 2.45) is 0 Å². The molecule has 0 saturated carbocycles. The fourth-order valence-corrected chi connectivity index (χ4v) is 5.59. The molecule has 0 aromatic heterocycles. The van der Waals surface area contributed by atoms with Gasteiger partial charge in [-0.3, -0.25) is 4.90 Å². The van der Waals surface area contributed by atoms with Gasteiger partial charge in [0.05, 0.1) is 6.61 Å². The number of aldehydes is 1. The number of aryl methyl sites for hydroxylation is 1. The van der Waals surface area contributed by atoms with Crippen LogP contribution in [0.15, 0.2) is 48.5 Å². The number of benzene rings is 2. The predicted molar refractivity (Wildman–Crippen MR) is 171 cm³/mol. The number of likely N-dealkylation sites (tertiary alicyclic amines) is 1. The number of hydrogen-bond acceptors (Lipinski definition) is 7. The number of nitrogens with zero attached hydrogens (tertiary/aromatic N) is 2. The molecule has 1 aliphatic heterocycles. The standard InChI is InChI=1S/C24H31NO3.C11H25NO2/c1-25-14-12-24(13-15-25,21-8-3-2-4-9-21)22-19-20(10-11-23(22)27)7-5-17-28-18-6-16-26;1-6-7-8-10(2)12(3)9-11(13-4)14-5/h2-4,8-11,16,19,27H,5-7,12-15,17-18H2,1H3;10-11H,6-9H2,1-5H3. The number of unbranched alkanes of at least 4 members (excludes halogenated alkanes) is 1. The fraction of sp³-hybridized carbons (Fsp3) is 0.629. The third kappa shape index (κ3) is 11.4. The summed E-state index contributed by atoms with van der Waals surface area (Å²) in [6.07, 6.45) is 8.83. The highest BCUT2D eigenvalue weighted by Gasteiger charge is 2.39. The number of phenolic OH excluding ortho intramolecular Hbond substituents is 1. The summed E-state index contributed by atoms with van der Waals surface area (Å²) in [7, 11) is 7.64. The van der Waals surface area contributed by atoms with Crippen LogP contribution in [-0.2, 0) is 30.8 Å². The van der Waals surface area contributed by atoms with Gasteiger partial charge in [0.15, 0.2) is 6.29 Å². The molecule has 1 atom stereocenters. The molecule has 42 heavy (non-hydrogen) atoms. The van der Waals surface area contributed by atoms with Crippen LogP contribution >= 0.6 is 0 Å². The minimum absolute atomic E-state index is 0.107. The number of likely N-dealkylation sites (N-methyl/N-ethyl adjacent to an activating group) is 1. The van der Waals surface area contributed by atoms with Crippen LogP contribution in [0, 0.1) is 0 Å². The second-order valence-electron chi connectivity index (χ2n) is 11.6. The molecular formula is C35H56N2O5. The summed E-state index contributed by atoms with van der Waals surface area (Å²) in [5.74, 6) is 0.388. The molecule has 236 valence electrons. The Labute approximate surface area is 255 Å². The number of phenols is 1. The van der Waals surface area contributed by atoms with Gasteiger partial charge in [-0.25, -0.2) is 0 Å². The molecular weight excluding hydrogens is 528 g/mol. The lowest BCUT2D eigenvalue weighted by Crippen LogP contribution is -2.41. The lowest BCUT2D eigenvalue weighted by Gasteiger charge is -2.42. The third-order valence-electron chi connectivity index (χ3n) is 8.57. The van der Waals surface area contributed by atoms with E-state index in [1.165, 1.54) is 30.4 Å². The monoisotopic (exact) mass is 584 g/mol. The summed E-state index contributed by atoms with van der Waals surface area (Å²) < 4.78 is 15.8. The smallest absolute Gasteiger partial charge is 0.169 e. The number of carbonyl (C=O) groups excluding carboxylic acids is 1. The minimum Gasteiger partial charge on any atom is -0.508 e. The van der Waals surface area contributed by atoms with Gasteiger partial charge in [-0.2, -0.15) is 0 Å². The molecule has 1 unspecified atom stereocenters. The van der Waals surface area contributed by atoms with Gasteiger partial charge in [0.25, 0.3) is 0 Å². The zero-order chi connectivity index (χ0) is 30.8. The molecule has 7 nitrogen and oxygen atoms in total. The molecule has 0 radical (unpaired) electrons. The third-order valence-corrected chi connectivity index (χ3v) is 8.57. The van der Waals surface area contributed by atoms with Gasteiger partial charge >= 0.3 is 0 Å². The Kier molecular flexibility index (Phi) is 16.9. The molecule has 1 heterocycles. The Bertz CT molecular complexity index is 990. The summed E-state index contributed by atoms with van der Waals surface area (Å²) in [4.78, 5) is 15.0. The van der Waals surface area contributed by atoms with E-state index < -0.39 is 0 Å². The van der Waals surface area contributed by atoms with E-state index in [-0.39, 0.29) is 11.7 Å². The van der Waals surface area contributed by atoms with Crippen LogP contribution in [0.2, 0.25) is 0 Å². The molecule has 0 amide bonds. The number of piperidine rings is 1. The molecule has 0 bridgehead atoms. The SMILES string of the molecule is CCCCC(C)N(C)CC(OC)OC.CN1CCC(c2ccccc2)(c2cc(CCCOCCC=O)ccc2O)CC1. The molecule has 1 N–H and O–H groups in total. The van der Waals surface area contributed by atoms with Crippen LogP contribution in [0.25, 0.3) is 0 Å². The first-order valence-electron chi connectivity index (χ1n) is 15.6. The van der Waals surface area contributed by atoms with Crippen molar-refractivity contribution >= 4 is 6.29 Å². The quantitative estimate of drug-likeness (QED) is 0.138. The average molecular weight is 585 g/mol. The zero-order valence-electron chi connectivity index (χ0n) is 27.0. The van der Waals surface area contributed by atoms with E-state index in [1.54, 1.807) is 14.2 Å². The molecule has 2 aromatic rings. The van der Waals surface area contributed by atoms with E-state index in [1.807, 2.05) is 18.2 Å². The van der Waals surface area contributed by atoms with Gasteiger partial charge < -0.3 is 29.0 Å². The van der Waals surface area contributed by atoms with E-state index in [0.717, 1.165) is 57.2 Å². The second-order valence-corrected chi connectivity index (χ2v) is 11.6. The maximum Gasteiger partial charge on any atom is 0.169 e. The number of carbonyl (C=O) groups is 1. The molecule has 1 aliphatic rings. The maximum absolute atomic E-state index is 10.8. The summed E-state index contributed by atoms with van der Waals surface area (Å²) in [5, 5.41) is 10.8. The number of ether oxygens (including phenoxy) is 3. The van der Waals surface area contributed by atoms with E-state index in [9.17, 15) is 9.90 Å². The summed E-state index contributed by atoms with van der Waals surface area (Å²) >= 11 is 0. The van der Waals surface area contributed by atoms with Crippen molar-refractivity contribution in [1.29, 1.82) is 0 Å². The summed E-state index contributed by atoms with van der Waals surface area (Å²) in [5.41, 5.74) is 3.41. The van der Waals surface area contributed by atoms with Crippen LogP contribution in [0.3, 0.4) is 0 Å². The van der Waals surface area contributed by atoms with Crippen LogP contribution < -0.4 is 0 Å². The Hall–Kier alpha value is -2.29. The first-order valence-corrected chi connectivity index (χ1v) is 15.6. The van der Waals surface area contributed by atoms with Crippen LogP contribution in [0.5, 0.6) is 5.75 Å². The molecule has 2 aromatic carbocycles. The van der Waals surface area contributed by atoms with Gasteiger partial charge in [-0.15, -0.1) is 0 Å². The van der Waals surface area contributed by atoms with Crippen molar-refractivity contribution in [2.75, 3.05) is 61.2 Å². The topological polar surface area (TPSA) is 71.5 Å². The normalized spacial score (nSPS) is 15.8. The number of rotatable bonds is 17. The Balaban J connectivity index is 0.000000374. The zero-order valence-corrected chi connectivity index (χ0v) is 27.0. The van der Waals surface area contributed by atoms with Crippen LogP contribution in [0.4, 0.5) is 0 Å². The lowest BCUT2D eigenvalue weighted by molar-refractivity contribution is -0.117. The second kappa shape index (κ2) is 19.8. The van der Waals surface area contributed by atoms with E-state index in [4.69, 9.17) is 14.2 Å². The predicted octanol–water partition coefficient (Wildman–Crippen LogP) is 6.06. The lowest BCUT2D eigenvalue weighted by atomic mass is 9.67. The molecule has 1 fully saturated rings. The number of methoxy groups -OCH3 is 2. The summed E-state index contributed by atoms with van der Waals surface area (Å²) in [6, 6.07) is 17.3. The highest BCUT2D eigenvalue weighted by Crippen LogP contribution is 2.45. The Morgan fingerprint density at radius 1 is 1.05 bits per heavy atom. The summed E-state index contributed by atoms with van der Waals surface area (Å²) in [6.45, 7) is 8.48. The van der Waals surface area contributed by atoms with Gasteiger partial charge in [-0.05, 0) is 83.4 Å². The van der Waals surface area contributed by atoms with Crippen molar-refractivity contribution in [3.05, 3.63) is 65.2 Å². The number of aromatic hydroxyl groups is 1. The van der Waals surface area contributed by atoms with Gasteiger partial charge in [0, 0.05) is 50.8 Å². The van der Waals surface area contributed by atoms with Gasteiger partial charge in [0.2, 0.25) is 0 Å². The number of hydrogen-bond donors (Lipinski definition) is 1. The minimum atomic E-state index is -0.145. The van der Waals surface area contributed by atoms with E-state index in [0.29, 0.717) is 31.4 Å². The fourth-order valence-electron chi connectivity index (χ4n) is 5.59. The molecule has 0 spiro atoms. The van der Waals surface area contributed by atoms with Crippen molar-refractivity contribution < 1.29 is 24.1 Å². The molecule has 1 saturated heterocycles. The maximum atomic E-state index is 10.8. The van der Waals surface area contributed by atoms with Crippen molar-refractivity contribution in [2.45, 2.75) is 83.0 Å². The van der Waals surface area contributed by atoms with Crippen molar-refractivity contribution in [3.8, 4) is 5.75 Å². The van der Waals surface area contributed by atoms with Crippen LogP contribution in [0.1, 0.15) is 75.5 Å². The van der Waals surface area contributed by atoms with Crippen molar-refractivity contribution in [1.82, 2.24) is 9.80 Å². The van der Waals surface area contributed by atoms with E-state index >= 15 is 0 Å². The van der Waals surface area contributed by atoms with E-state index in [2.05, 4.69) is 68.1 Å². The highest BCUT2D eigenvalue weighted by molar-refractivity contribution is 5.49. The Morgan fingerprint density at radius 2 is 1.74 bits per heavy atom. The van der Waals surface area contributed by atoms with Gasteiger partial charge in [-0.1, -0.05) is 62.2 Å².